The lowest BCUT2D eigenvalue weighted by Crippen LogP contribution is -2.38. The van der Waals surface area contributed by atoms with E-state index in [0.29, 0.717) is 12.0 Å². The lowest BCUT2D eigenvalue weighted by Gasteiger charge is -2.27. The normalized spacial score (nSPS) is 24.8. The Bertz CT molecular complexity index is 941. The molecule has 172 valence electrons. The first kappa shape index (κ1) is 21.4. The summed E-state index contributed by atoms with van der Waals surface area (Å²) in [5, 5.41) is 13.3. The summed E-state index contributed by atoms with van der Waals surface area (Å²) in [6.07, 6.45) is 6.85. The average Bonchev–Trinajstić information content (AvgIpc) is 3.48. The van der Waals surface area contributed by atoms with Crippen LogP contribution < -0.4 is 5.32 Å². The van der Waals surface area contributed by atoms with Crippen LogP contribution in [0.5, 0.6) is 0 Å². The van der Waals surface area contributed by atoms with Crippen LogP contribution in [0.2, 0.25) is 0 Å². The maximum Gasteiger partial charge on any atom is 0.325 e. The minimum absolute atomic E-state index is 0. The van der Waals surface area contributed by atoms with Crippen molar-refractivity contribution in [3.63, 3.8) is 0 Å². The number of aryl methyl sites for hydroxylation is 2. The fourth-order valence-electron chi connectivity index (χ4n) is 5.74. The molecule has 6 nitrogen and oxygen atoms in total. The van der Waals surface area contributed by atoms with Crippen molar-refractivity contribution in [1.82, 2.24) is 14.8 Å². The molecule has 6 heteroatoms. The summed E-state index contributed by atoms with van der Waals surface area (Å²) in [5.74, 6) is 1.06. The van der Waals surface area contributed by atoms with Crippen molar-refractivity contribution in [3.8, 4) is 0 Å². The van der Waals surface area contributed by atoms with E-state index in [2.05, 4.69) is 27.2 Å². The number of benzene rings is 1. The van der Waals surface area contributed by atoms with E-state index in [-0.39, 0.29) is 1.43 Å². The summed E-state index contributed by atoms with van der Waals surface area (Å²) in [4.78, 5) is 21.6. The number of fused-ring (bicyclic) bond motifs is 1. The maximum atomic E-state index is 12.0. The Labute approximate surface area is 192 Å². The molecule has 1 unspecified atom stereocenters. The number of pyridine rings is 1. The Kier molecular flexibility index (Phi) is 6.42. The third-order valence-corrected chi connectivity index (χ3v) is 7.50. The van der Waals surface area contributed by atoms with Gasteiger partial charge >= 0.3 is 5.97 Å². The first-order valence-corrected chi connectivity index (χ1v) is 12.2. The van der Waals surface area contributed by atoms with Crippen molar-refractivity contribution in [2.75, 3.05) is 38.0 Å². The Morgan fingerprint density at radius 2 is 2.03 bits per heavy atom. The topological polar surface area (TPSA) is 68.7 Å². The molecule has 0 saturated carbocycles. The monoisotopic (exact) mass is 436 g/mol. The van der Waals surface area contributed by atoms with Gasteiger partial charge in [-0.15, -0.1) is 0 Å². The molecule has 2 fully saturated rings. The van der Waals surface area contributed by atoms with E-state index in [9.17, 15) is 9.90 Å². The zero-order chi connectivity index (χ0) is 21.9. The number of aromatic nitrogens is 1. The summed E-state index contributed by atoms with van der Waals surface area (Å²) in [5.41, 5.74) is 3.44. The number of nitrogens with zero attached hydrogens (tertiary/aromatic N) is 3. The van der Waals surface area contributed by atoms with E-state index in [1.807, 2.05) is 30.3 Å². The number of aliphatic carboxylic acids is 1. The number of hydrogen-bond acceptors (Lipinski definition) is 5. The molecule has 3 aliphatic heterocycles. The quantitative estimate of drug-likeness (QED) is 0.687. The molecule has 0 radical (unpaired) electrons. The Balaban J connectivity index is 0.00000259. The van der Waals surface area contributed by atoms with Gasteiger partial charge in [-0.2, -0.15) is 0 Å². The van der Waals surface area contributed by atoms with Crippen LogP contribution in [0.15, 0.2) is 42.5 Å². The number of likely N-dealkylation sites (tertiary alicyclic amines) is 2. The number of carbonyl (C=O) groups is 1. The van der Waals surface area contributed by atoms with Crippen LogP contribution in [-0.4, -0.2) is 64.6 Å². The third kappa shape index (κ3) is 4.66. The number of hydrogen-bond donors (Lipinski definition) is 2. The van der Waals surface area contributed by atoms with Crippen molar-refractivity contribution in [2.24, 2.45) is 5.92 Å². The van der Waals surface area contributed by atoms with Crippen LogP contribution in [0.4, 0.5) is 5.82 Å². The van der Waals surface area contributed by atoms with E-state index in [4.69, 9.17) is 4.98 Å². The SMILES string of the molecule is O=C(O)C(c1ccccc1)N1CC[C@@H](N2CC[C@@H](CCc3ccc4c(n3)NCCC4)C2)C1.[HH]. The second-order valence-electron chi connectivity index (χ2n) is 9.62. The maximum absolute atomic E-state index is 12.0. The molecule has 2 saturated heterocycles. The van der Waals surface area contributed by atoms with Crippen molar-refractivity contribution in [1.29, 1.82) is 0 Å². The van der Waals surface area contributed by atoms with Gasteiger partial charge in [-0.05, 0) is 68.2 Å². The van der Waals surface area contributed by atoms with Gasteiger partial charge in [0.15, 0.2) is 0 Å². The lowest BCUT2D eigenvalue weighted by atomic mass is 10.00. The molecule has 3 atom stereocenters. The minimum Gasteiger partial charge on any atom is -0.480 e. The molecule has 32 heavy (non-hydrogen) atoms. The lowest BCUT2D eigenvalue weighted by molar-refractivity contribution is -0.143. The highest BCUT2D eigenvalue weighted by molar-refractivity contribution is 5.75. The van der Waals surface area contributed by atoms with Gasteiger partial charge in [-0.1, -0.05) is 36.4 Å². The molecule has 0 bridgehead atoms. The highest BCUT2D eigenvalue weighted by atomic mass is 16.4. The Morgan fingerprint density at radius 1 is 1.16 bits per heavy atom. The fraction of sp³-hybridized carbons (Fsp3) is 0.538. The molecule has 4 heterocycles. The second kappa shape index (κ2) is 9.59. The fourth-order valence-corrected chi connectivity index (χ4v) is 5.74. The first-order valence-electron chi connectivity index (χ1n) is 12.2. The molecule has 1 aromatic heterocycles. The Morgan fingerprint density at radius 3 is 2.88 bits per heavy atom. The van der Waals surface area contributed by atoms with Gasteiger partial charge in [0.1, 0.15) is 11.9 Å². The summed E-state index contributed by atoms with van der Waals surface area (Å²) >= 11 is 0. The third-order valence-electron chi connectivity index (χ3n) is 7.50. The average molecular weight is 437 g/mol. The van der Waals surface area contributed by atoms with Gasteiger partial charge in [-0.3, -0.25) is 14.6 Å². The summed E-state index contributed by atoms with van der Waals surface area (Å²) in [6.45, 7) is 4.99. The van der Waals surface area contributed by atoms with E-state index in [1.165, 1.54) is 30.5 Å². The number of anilines is 1. The van der Waals surface area contributed by atoms with Crippen LogP contribution in [0.3, 0.4) is 0 Å². The summed E-state index contributed by atoms with van der Waals surface area (Å²) in [7, 11) is 0. The van der Waals surface area contributed by atoms with Crippen molar-refractivity contribution in [3.05, 3.63) is 59.3 Å². The first-order chi connectivity index (χ1) is 15.7. The van der Waals surface area contributed by atoms with Crippen LogP contribution >= 0.6 is 0 Å². The van der Waals surface area contributed by atoms with Gasteiger partial charge in [0.05, 0.1) is 0 Å². The largest absolute Gasteiger partial charge is 0.480 e. The molecule has 0 aliphatic carbocycles. The van der Waals surface area contributed by atoms with E-state index < -0.39 is 12.0 Å². The van der Waals surface area contributed by atoms with Gasteiger partial charge < -0.3 is 10.4 Å². The van der Waals surface area contributed by atoms with Crippen LogP contribution in [0.25, 0.3) is 0 Å². The molecular formula is C26H36N4O2. The van der Waals surface area contributed by atoms with Gasteiger partial charge in [0, 0.05) is 39.3 Å². The second-order valence-corrected chi connectivity index (χ2v) is 9.62. The van der Waals surface area contributed by atoms with Crippen LogP contribution in [-0.2, 0) is 17.6 Å². The molecule has 1 aromatic carbocycles. The number of rotatable bonds is 7. The number of carboxylic acid groups (broad SMARTS) is 1. The van der Waals surface area contributed by atoms with E-state index in [0.717, 1.165) is 63.4 Å². The van der Waals surface area contributed by atoms with E-state index >= 15 is 0 Å². The van der Waals surface area contributed by atoms with Gasteiger partial charge in [0.25, 0.3) is 0 Å². The smallest absolute Gasteiger partial charge is 0.325 e. The zero-order valence-corrected chi connectivity index (χ0v) is 18.7. The van der Waals surface area contributed by atoms with Gasteiger partial charge in [0.2, 0.25) is 0 Å². The predicted molar refractivity (Wildman–Crippen MR) is 128 cm³/mol. The highest BCUT2D eigenvalue weighted by Gasteiger charge is 2.37. The van der Waals surface area contributed by atoms with Crippen molar-refractivity contribution in [2.45, 2.75) is 50.6 Å². The summed E-state index contributed by atoms with van der Waals surface area (Å²) < 4.78 is 0. The highest BCUT2D eigenvalue weighted by Crippen LogP contribution is 2.31. The van der Waals surface area contributed by atoms with Crippen molar-refractivity contribution < 1.29 is 11.3 Å². The van der Waals surface area contributed by atoms with Crippen LogP contribution in [0.1, 0.15) is 50.0 Å². The molecule has 3 aliphatic rings. The standard InChI is InChI=1S/C26H34N4O2.H2/c31-26(32)24(20-5-2-1-3-6-20)30-16-13-23(18-30)29-15-12-19(17-29)8-10-22-11-9-21-7-4-14-27-25(21)28-22;/h1-3,5-6,9,11,19,23-24H,4,7-8,10,12-18H2,(H,27,28)(H,31,32);1H/t19-,23-,24?;/m1./s1. The Hall–Kier alpha value is -2.44. The minimum atomic E-state index is -0.747. The molecule has 0 spiro atoms. The van der Waals surface area contributed by atoms with Crippen LogP contribution in [0, 0.1) is 5.92 Å². The molecule has 5 rings (SSSR count). The predicted octanol–water partition coefficient (Wildman–Crippen LogP) is 3.84. The van der Waals surface area contributed by atoms with Gasteiger partial charge in [-0.25, -0.2) is 4.98 Å². The molecular weight excluding hydrogens is 400 g/mol. The molecule has 2 aromatic rings. The number of nitrogens with one attached hydrogen (secondary N) is 1. The van der Waals surface area contributed by atoms with E-state index in [1.54, 1.807) is 0 Å². The molecule has 2 N–H and O–H groups in total. The van der Waals surface area contributed by atoms with Crippen molar-refractivity contribution >= 4 is 11.8 Å². The summed E-state index contributed by atoms with van der Waals surface area (Å²) in [6, 6.07) is 14.1. The molecule has 0 amide bonds. The number of carboxylic acids is 1. The zero-order valence-electron chi connectivity index (χ0n) is 18.7.